The summed E-state index contributed by atoms with van der Waals surface area (Å²) < 4.78 is 11.9. The summed E-state index contributed by atoms with van der Waals surface area (Å²) >= 11 is 1.62. The number of nitrogens with two attached hydrogens (primary N) is 1. The van der Waals surface area contributed by atoms with Crippen molar-refractivity contribution in [2.45, 2.75) is 18.5 Å². The second kappa shape index (κ2) is 10.5. The number of nitrogen functional groups attached to an aromatic ring is 1. The molecule has 4 aromatic rings. The molecule has 4 rings (SSSR count). The molecule has 4 N–H and O–H groups in total. The molecule has 166 valence electrons. The van der Waals surface area contributed by atoms with E-state index in [0.717, 1.165) is 21.6 Å². The number of aromatic nitrogens is 1. The number of anilines is 2. The Morgan fingerprint density at radius 1 is 1.06 bits per heavy atom. The normalized spacial score (nSPS) is 12.2. The van der Waals surface area contributed by atoms with Crippen LogP contribution in [0.15, 0.2) is 84.5 Å². The van der Waals surface area contributed by atoms with Gasteiger partial charge >= 0.3 is 8.03 Å². The lowest BCUT2D eigenvalue weighted by atomic mass is 10.0. The number of carbonyl (C=O) groups excluding carboxylic acids is 1. The summed E-state index contributed by atoms with van der Waals surface area (Å²) in [5, 5.41) is 4.89. The van der Waals surface area contributed by atoms with E-state index in [0.29, 0.717) is 29.8 Å². The number of thiophene rings is 1. The molecule has 2 unspecified atom stereocenters. The SMILES string of the molecule is Nc1ccc(-c2cccs2)cc1NC(=O)c1ccc(CC(Cc2cccnc2)[P+](=O)O)cc1. The highest BCUT2D eigenvalue weighted by atomic mass is 32.1. The zero-order chi connectivity index (χ0) is 23.2. The van der Waals surface area contributed by atoms with E-state index in [1.807, 2.05) is 53.9 Å². The molecule has 0 fully saturated rings. The third-order valence-electron chi connectivity index (χ3n) is 5.30. The van der Waals surface area contributed by atoms with Crippen LogP contribution in [0.5, 0.6) is 0 Å². The average Bonchev–Trinajstić information content (AvgIpc) is 3.36. The van der Waals surface area contributed by atoms with Gasteiger partial charge in [-0.25, -0.2) is 0 Å². The maximum absolute atomic E-state index is 12.8. The predicted octanol–water partition coefficient (Wildman–Crippen LogP) is 5.53. The highest BCUT2D eigenvalue weighted by Crippen LogP contribution is 2.31. The van der Waals surface area contributed by atoms with Crippen LogP contribution in [0.3, 0.4) is 0 Å². The van der Waals surface area contributed by atoms with E-state index in [1.165, 1.54) is 0 Å². The third kappa shape index (κ3) is 5.90. The molecule has 0 aliphatic rings. The maximum Gasteiger partial charge on any atom is 0.509 e. The van der Waals surface area contributed by atoms with Crippen LogP contribution in [0.1, 0.15) is 21.5 Å². The predicted molar refractivity (Wildman–Crippen MR) is 134 cm³/mol. The van der Waals surface area contributed by atoms with Gasteiger partial charge in [0.2, 0.25) is 0 Å². The Balaban J connectivity index is 1.44. The molecule has 0 spiro atoms. The Kier molecular flexibility index (Phi) is 7.25. The van der Waals surface area contributed by atoms with Crippen LogP contribution in [-0.4, -0.2) is 21.4 Å². The number of rotatable bonds is 8. The van der Waals surface area contributed by atoms with Crippen molar-refractivity contribution in [3.8, 4) is 10.4 Å². The molecule has 0 saturated carbocycles. The van der Waals surface area contributed by atoms with Gasteiger partial charge in [-0.3, -0.25) is 9.78 Å². The van der Waals surface area contributed by atoms with E-state index >= 15 is 0 Å². The van der Waals surface area contributed by atoms with Crippen molar-refractivity contribution in [2.24, 2.45) is 0 Å². The van der Waals surface area contributed by atoms with Crippen LogP contribution in [0.25, 0.3) is 10.4 Å². The van der Waals surface area contributed by atoms with Gasteiger partial charge in [-0.15, -0.1) is 11.3 Å². The third-order valence-corrected chi connectivity index (χ3v) is 7.21. The quantitative estimate of drug-likeness (QED) is 0.229. The van der Waals surface area contributed by atoms with Crippen molar-refractivity contribution in [2.75, 3.05) is 11.1 Å². The summed E-state index contributed by atoms with van der Waals surface area (Å²) in [6.07, 6.45) is 4.27. The van der Waals surface area contributed by atoms with Crippen LogP contribution in [-0.2, 0) is 17.4 Å². The summed E-state index contributed by atoms with van der Waals surface area (Å²) in [5.41, 5.74) is 9.97. The molecular formula is C25H23N3O3PS+. The highest BCUT2D eigenvalue weighted by molar-refractivity contribution is 7.38. The number of nitrogens with one attached hydrogen (secondary N) is 1. The zero-order valence-electron chi connectivity index (χ0n) is 17.7. The Hall–Kier alpha value is -3.38. The molecule has 2 atom stereocenters. The van der Waals surface area contributed by atoms with Crippen molar-refractivity contribution in [1.82, 2.24) is 4.98 Å². The average molecular weight is 477 g/mol. The summed E-state index contributed by atoms with van der Waals surface area (Å²) in [5.74, 6) is -0.267. The van der Waals surface area contributed by atoms with E-state index in [2.05, 4.69) is 10.3 Å². The van der Waals surface area contributed by atoms with Gasteiger partial charge in [-0.2, -0.15) is 4.89 Å². The van der Waals surface area contributed by atoms with Crippen molar-refractivity contribution >= 4 is 36.6 Å². The van der Waals surface area contributed by atoms with E-state index < -0.39 is 13.7 Å². The largest absolute Gasteiger partial charge is 0.509 e. The van der Waals surface area contributed by atoms with E-state index in [4.69, 9.17) is 5.73 Å². The molecule has 2 aromatic heterocycles. The van der Waals surface area contributed by atoms with Crippen molar-refractivity contribution < 1.29 is 14.3 Å². The summed E-state index contributed by atoms with van der Waals surface area (Å²) in [7, 11) is -2.36. The van der Waals surface area contributed by atoms with E-state index in [1.54, 1.807) is 41.9 Å². The Morgan fingerprint density at radius 3 is 2.52 bits per heavy atom. The molecule has 1 amide bonds. The molecule has 2 aromatic carbocycles. The molecule has 0 bridgehead atoms. The van der Waals surface area contributed by atoms with Crippen molar-refractivity contribution in [1.29, 1.82) is 0 Å². The number of carbonyl (C=O) groups is 1. The molecule has 0 saturated heterocycles. The van der Waals surface area contributed by atoms with Gasteiger partial charge in [0.25, 0.3) is 5.91 Å². The number of amides is 1. The zero-order valence-corrected chi connectivity index (χ0v) is 19.4. The van der Waals surface area contributed by atoms with Gasteiger partial charge in [0, 0.05) is 35.7 Å². The highest BCUT2D eigenvalue weighted by Gasteiger charge is 2.29. The minimum absolute atomic E-state index is 0.267. The maximum atomic E-state index is 12.8. The lowest BCUT2D eigenvalue weighted by Crippen LogP contribution is -2.14. The van der Waals surface area contributed by atoms with Gasteiger partial charge in [0.1, 0.15) is 0 Å². The monoisotopic (exact) mass is 476 g/mol. The summed E-state index contributed by atoms with van der Waals surface area (Å²) in [4.78, 5) is 27.7. The van der Waals surface area contributed by atoms with Crippen LogP contribution in [0, 0.1) is 0 Å². The first-order valence-corrected chi connectivity index (χ1v) is 12.5. The first-order valence-electron chi connectivity index (χ1n) is 10.4. The fourth-order valence-corrected chi connectivity index (χ4v) is 5.00. The summed E-state index contributed by atoms with van der Waals surface area (Å²) in [6, 6.07) is 20.3. The number of hydrogen-bond acceptors (Lipinski definition) is 5. The van der Waals surface area contributed by atoms with Gasteiger partial charge in [0.15, 0.2) is 5.66 Å². The van der Waals surface area contributed by atoms with Crippen LogP contribution in [0.2, 0.25) is 0 Å². The van der Waals surface area contributed by atoms with Crippen molar-refractivity contribution in [3.63, 3.8) is 0 Å². The van der Waals surface area contributed by atoms with E-state index in [-0.39, 0.29) is 5.91 Å². The first kappa shape index (κ1) is 22.8. The standard InChI is InChI=1S/C25H22N3O3PS/c26-22-10-9-20(24-4-2-12-33-24)15-23(22)28-25(29)19-7-5-17(6-8-19)13-21(32(30)31)14-18-3-1-11-27-16-18/h1-12,15-16,21H,13-14,26H2,(H-,28,29,30,31)/p+1. The van der Waals surface area contributed by atoms with Crippen LogP contribution < -0.4 is 11.1 Å². The van der Waals surface area contributed by atoms with E-state index in [9.17, 15) is 14.3 Å². The molecule has 8 heteroatoms. The van der Waals surface area contributed by atoms with Gasteiger partial charge in [-0.1, -0.05) is 30.3 Å². The molecular weight excluding hydrogens is 453 g/mol. The minimum Gasteiger partial charge on any atom is -0.397 e. The smallest absolute Gasteiger partial charge is 0.397 e. The van der Waals surface area contributed by atoms with Gasteiger partial charge < -0.3 is 11.1 Å². The number of benzene rings is 2. The topological polar surface area (TPSA) is 105 Å². The fourth-order valence-electron chi connectivity index (χ4n) is 3.54. The van der Waals surface area contributed by atoms with Gasteiger partial charge in [-0.05, 0) is 63.0 Å². The molecule has 2 heterocycles. The number of nitrogens with zero attached hydrogens (tertiary/aromatic N) is 1. The van der Waals surface area contributed by atoms with Crippen LogP contribution >= 0.6 is 19.4 Å². The fraction of sp³-hybridized carbons (Fsp3) is 0.120. The van der Waals surface area contributed by atoms with Crippen molar-refractivity contribution in [3.05, 3.63) is 101 Å². The molecule has 33 heavy (non-hydrogen) atoms. The first-order chi connectivity index (χ1) is 16.0. The Labute approximate surface area is 197 Å². The molecule has 0 aliphatic carbocycles. The Bertz CT molecular complexity index is 1250. The second-order valence-corrected chi connectivity index (χ2v) is 9.94. The molecule has 6 nitrogen and oxygen atoms in total. The summed E-state index contributed by atoms with van der Waals surface area (Å²) in [6.45, 7) is 0. The van der Waals surface area contributed by atoms with Gasteiger partial charge in [0.05, 0.1) is 11.4 Å². The Morgan fingerprint density at radius 2 is 1.85 bits per heavy atom. The lowest BCUT2D eigenvalue weighted by molar-refractivity contribution is 0.102. The van der Waals surface area contributed by atoms with Crippen LogP contribution in [0.4, 0.5) is 11.4 Å². The second-order valence-electron chi connectivity index (χ2n) is 7.66. The molecule has 0 radical (unpaired) electrons. The molecule has 0 aliphatic heterocycles. The number of pyridine rings is 1. The lowest BCUT2D eigenvalue weighted by Gasteiger charge is -2.11. The number of hydrogen-bond donors (Lipinski definition) is 3. The minimum atomic E-state index is -2.36.